The van der Waals surface area contributed by atoms with Crippen molar-refractivity contribution >= 4 is 34.9 Å². The number of carboxylic acids is 1. The minimum atomic E-state index is -0.816. The molecule has 0 radical (unpaired) electrons. The van der Waals surface area contributed by atoms with Gasteiger partial charge in [-0.1, -0.05) is 11.6 Å². The van der Waals surface area contributed by atoms with Gasteiger partial charge in [0.25, 0.3) is 0 Å². The molecule has 2 N–H and O–H groups in total. The van der Waals surface area contributed by atoms with Gasteiger partial charge in [0.15, 0.2) is 0 Å². The number of halogens is 1. The first-order valence-electron chi connectivity index (χ1n) is 6.89. The summed E-state index contributed by atoms with van der Waals surface area (Å²) >= 11 is 6.16. The molecule has 1 amide bonds. The van der Waals surface area contributed by atoms with Crippen molar-refractivity contribution in [1.29, 1.82) is 0 Å². The average Bonchev–Trinajstić information content (AvgIpc) is 2.88. The predicted molar refractivity (Wildman–Crippen MR) is 82.9 cm³/mol. The van der Waals surface area contributed by atoms with Crippen molar-refractivity contribution in [3.05, 3.63) is 23.2 Å². The lowest BCUT2D eigenvalue weighted by Crippen LogP contribution is -2.21. The van der Waals surface area contributed by atoms with Crippen molar-refractivity contribution in [3.8, 4) is 0 Å². The van der Waals surface area contributed by atoms with E-state index < -0.39 is 11.9 Å². The van der Waals surface area contributed by atoms with E-state index in [0.717, 1.165) is 5.69 Å². The average molecular weight is 311 g/mol. The van der Waals surface area contributed by atoms with Crippen LogP contribution in [0.1, 0.15) is 19.3 Å². The fraction of sp³-hybridized carbons (Fsp3) is 0.467. The van der Waals surface area contributed by atoms with Crippen molar-refractivity contribution in [1.82, 2.24) is 0 Å². The highest BCUT2D eigenvalue weighted by molar-refractivity contribution is 6.33. The molecule has 0 heterocycles. The molecule has 0 spiro atoms. The number of amides is 1. The minimum Gasteiger partial charge on any atom is -0.481 e. The maximum Gasteiger partial charge on any atom is 0.306 e. The van der Waals surface area contributed by atoms with Crippen molar-refractivity contribution in [2.24, 2.45) is 11.8 Å². The van der Waals surface area contributed by atoms with Crippen LogP contribution in [0.15, 0.2) is 18.2 Å². The summed E-state index contributed by atoms with van der Waals surface area (Å²) in [5, 5.41) is 12.3. The summed E-state index contributed by atoms with van der Waals surface area (Å²) in [6.07, 6.45) is 1.59. The van der Waals surface area contributed by atoms with Crippen LogP contribution in [-0.2, 0) is 9.59 Å². The fourth-order valence-corrected chi connectivity index (χ4v) is 2.99. The van der Waals surface area contributed by atoms with E-state index in [0.29, 0.717) is 30.0 Å². The molecular weight excluding hydrogens is 292 g/mol. The van der Waals surface area contributed by atoms with Crippen LogP contribution in [0.25, 0.3) is 0 Å². The number of carbonyl (C=O) groups excluding carboxylic acids is 1. The van der Waals surface area contributed by atoms with Crippen LogP contribution >= 0.6 is 11.6 Å². The van der Waals surface area contributed by atoms with Gasteiger partial charge in [-0.05, 0) is 37.5 Å². The molecule has 1 aromatic rings. The molecule has 1 fully saturated rings. The number of hydrogen-bond acceptors (Lipinski definition) is 3. The molecule has 6 heteroatoms. The Bertz CT molecular complexity index is 560. The third kappa shape index (κ3) is 3.67. The Balaban J connectivity index is 2.00. The summed E-state index contributed by atoms with van der Waals surface area (Å²) in [6.45, 7) is 0. The number of carbonyl (C=O) groups is 2. The predicted octanol–water partition coefficient (Wildman–Crippen LogP) is 2.85. The molecule has 0 saturated heterocycles. The molecule has 0 unspecified atom stereocenters. The van der Waals surface area contributed by atoms with E-state index in [1.165, 1.54) is 0 Å². The van der Waals surface area contributed by atoms with Crippen LogP contribution in [0.4, 0.5) is 11.4 Å². The second-order valence-corrected chi connectivity index (χ2v) is 6.00. The molecule has 1 aliphatic rings. The molecule has 0 aromatic heterocycles. The van der Waals surface area contributed by atoms with Crippen LogP contribution in [0.5, 0.6) is 0 Å². The van der Waals surface area contributed by atoms with Crippen LogP contribution in [-0.4, -0.2) is 31.1 Å². The molecule has 0 aliphatic heterocycles. The number of nitrogens with zero attached hydrogens (tertiary/aromatic N) is 1. The first-order valence-corrected chi connectivity index (χ1v) is 7.27. The van der Waals surface area contributed by atoms with E-state index in [-0.39, 0.29) is 11.8 Å². The largest absolute Gasteiger partial charge is 0.481 e. The highest BCUT2D eigenvalue weighted by Gasteiger charge is 2.33. The molecule has 1 saturated carbocycles. The molecule has 0 bridgehead atoms. The van der Waals surface area contributed by atoms with Gasteiger partial charge in [0, 0.05) is 25.7 Å². The van der Waals surface area contributed by atoms with Crippen LogP contribution < -0.4 is 10.2 Å². The van der Waals surface area contributed by atoms with Crippen molar-refractivity contribution in [2.75, 3.05) is 24.3 Å². The second-order valence-electron chi connectivity index (χ2n) is 5.60. The molecule has 1 aliphatic carbocycles. The summed E-state index contributed by atoms with van der Waals surface area (Å²) < 4.78 is 0. The fourth-order valence-electron chi connectivity index (χ4n) is 2.64. The highest BCUT2D eigenvalue weighted by atomic mass is 35.5. The van der Waals surface area contributed by atoms with Crippen molar-refractivity contribution < 1.29 is 14.7 Å². The first-order chi connectivity index (χ1) is 9.88. The number of anilines is 2. The van der Waals surface area contributed by atoms with E-state index in [1.54, 1.807) is 12.1 Å². The second kappa shape index (κ2) is 6.35. The minimum absolute atomic E-state index is 0.132. The lowest BCUT2D eigenvalue weighted by Gasteiger charge is -2.16. The molecular formula is C15H19ClN2O3. The summed E-state index contributed by atoms with van der Waals surface area (Å²) in [7, 11) is 3.79. The Morgan fingerprint density at radius 2 is 1.95 bits per heavy atom. The molecule has 1 aromatic carbocycles. The van der Waals surface area contributed by atoms with Gasteiger partial charge >= 0.3 is 5.97 Å². The van der Waals surface area contributed by atoms with E-state index >= 15 is 0 Å². The van der Waals surface area contributed by atoms with Crippen LogP contribution in [0.3, 0.4) is 0 Å². The Kier molecular flexibility index (Phi) is 4.73. The SMILES string of the molecule is CN(C)c1ccc(NC(=O)[C@@H]2CC[C@H](C(=O)O)C2)cc1Cl. The maximum absolute atomic E-state index is 12.2. The van der Waals surface area contributed by atoms with E-state index in [1.807, 2.05) is 25.1 Å². The highest BCUT2D eigenvalue weighted by Crippen LogP contribution is 2.33. The van der Waals surface area contributed by atoms with E-state index in [9.17, 15) is 9.59 Å². The van der Waals surface area contributed by atoms with Gasteiger partial charge in [0.05, 0.1) is 16.6 Å². The Morgan fingerprint density at radius 1 is 1.29 bits per heavy atom. The molecule has 5 nitrogen and oxygen atoms in total. The topological polar surface area (TPSA) is 69.6 Å². The van der Waals surface area contributed by atoms with Crippen LogP contribution in [0.2, 0.25) is 5.02 Å². The van der Waals surface area contributed by atoms with E-state index in [2.05, 4.69) is 5.32 Å². The standard InChI is InChI=1S/C15H19ClN2O3/c1-18(2)13-6-5-11(8-12(13)16)17-14(19)9-3-4-10(7-9)15(20)21/h5-6,8-10H,3-4,7H2,1-2H3,(H,17,19)(H,20,21)/t9-,10+/m1/s1. The molecule has 2 rings (SSSR count). The van der Waals surface area contributed by atoms with Gasteiger partial charge in [-0.25, -0.2) is 0 Å². The van der Waals surface area contributed by atoms with Gasteiger partial charge < -0.3 is 15.3 Å². The molecule has 2 atom stereocenters. The monoisotopic (exact) mass is 310 g/mol. The Morgan fingerprint density at radius 3 is 2.48 bits per heavy atom. The molecule has 21 heavy (non-hydrogen) atoms. The first kappa shape index (κ1) is 15.6. The van der Waals surface area contributed by atoms with Crippen molar-refractivity contribution in [2.45, 2.75) is 19.3 Å². The zero-order valence-electron chi connectivity index (χ0n) is 12.1. The van der Waals surface area contributed by atoms with Crippen molar-refractivity contribution in [3.63, 3.8) is 0 Å². The lowest BCUT2D eigenvalue weighted by molar-refractivity contribution is -0.141. The zero-order chi connectivity index (χ0) is 15.6. The number of nitrogens with one attached hydrogen (secondary N) is 1. The third-order valence-corrected chi connectivity index (χ3v) is 4.15. The third-order valence-electron chi connectivity index (χ3n) is 3.85. The normalized spacial score (nSPS) is 21.1. The van der Waals surface area contributed by atoms with Gasteiger partial charge in [-0.15, -0.1) is 0 Å². The summed E-state index contributed by atoms with van der Waals surface area (Å²) in [6, 6.07) is 5.34. The summed E-state index contributed by atoms with van der Waals surface area (Å²) in [5.41, 5.74) is 1.51. The number of rotatable bonds is 4. The van der Waals surface area contributed by atoms with Gasteiger partial charge in [0.2, 0.25) is 5.91 Å². The zero-order valence-corrected chi connectivity index (χ0v) is 12.9. The van der Waals surface area contributed by atoms with Gasteiger partial charge in [0.1, 0.15) is 0 Å². The summed E-state index contributed by atoms with van der Waals surface area (Å²) in [4.78, 5) is 25.0. The van der Waals surface area contributed by atoms with Crippen LogP contribution in [0, 0.1) is 11.8 Å². The number of aliphatic carboxylic acids is 1. The molecule has 114 valence electrons. The quantitative estimate of drug-likeness (QED) is 0.897. The number of hydrogen-bond donors (Lipinski definition) is 2. The Labute approximate surface area is 128 Å². The summed E-state index contributed by atoms with van der Waals surface area (Å²) in [5.74, 6) is -1.59. The maximum atomic E-state index is 12.2. The Hall–Kier alpha value is -1.75. The van der Waals surface area contributed by atoms with Gasteiger partial charge in [-0.2, -0.15) is 0 Å². The smallest absolute Gasteiger partial charge is 0.306 e. The number of carboxylic acid groups (broad SMARTS) is 1. The van der Waals surface area contributed by atoms with E-state index in [4.69, 9.17) is 16.7 Å². The number of benzene rings is 1. The lowest BCUT2D eigenvalue weighted by atomic mass is 10.0. The van der Waals surface area contributed by atoms with Gasteiger partial charge in [-0.3, -0.25) is 9.59 Å².